The number of nitrogens with one attached hydrogen (secondary N) is 1. The van der Waals surface area contributed by atoms with Crippen LogP contribution in [0.4, 0.5) is 5.82 Å². The summed E-state index contributed by atoms with van der Waals surface area (Å²) in [6.45, 7) is 0. The van der Waals surface area contributed by atoms with Crippen molar-refractivity contribution in [1.82, 2.24) is 9.13 Å². The Labute approximate surface area is 137 Å². The van der Waals surface area contributed by atoms with Crippen LogP contribution in [0.2, 0.25) is 5.02 Å². The minimum absolute atomic E-state index is 0.0497. The van der Waals surface area contributed by atoms with Crippen LogP contribution in [0.15, 0.2) is 33.9 Å². The number of hydrogen-bond donors (Lipinski definition) is 1. The average molecular weight is 331 g/mol. The summed E-state index contributed by atoms with van der Waals surface area (Å²) in [7, 11) is 2.91. The lowest BCUT2D eigenvalue weighted by Gasteiger charge is -2.13. The van der Waals surface area contributed by atoms with Gasteiger partial charge in [-0.15, -0.1) is 0 Å². The van der Waals surface area contributed by atoms with Crippen LogP contribution in [0.3, 0.4) is 0 Å². The maximum Gasteiger partial charge on any atom is 0.332 e. The second-order valence-corrected chi connectivity index (χ2v) is 6.13. The molecular formula is C16H15ClN4O2. The smallest absolute Gasteiger partial charge is 0.332 e. The number of nitrogens with zero attached hydrogens (tertiary/aromatic N) is 3. The third kappa shape index (κ3) is 2.64. The lowest BCUT2D eigenvalue weighted by atomic mass is 10.1. The standard InChI is InChI=1S/C16H15ClN4O2/c1-20-14(12(8-18)15(22)21(2)16(20)23)19-13-7-11(13)9-4-3-5-10(17)6-9/h3-6,11,13,19H,7H2,1-2H3/t11-,13+/m0/s1. The monoisotopic (exact) mass is 330 g/mol. The summed E-state index contributed by atoms with van der Waals surface area (Å²) < 4.78 is 2.23. The van der Waals surface area contributed by atoms with E-state index in [4.69, 9.17) is 11.6 Å². The summed E-state index contributed by atoms with van der Waals surface area (Å²) in [6.07, 6.45) is 0.856. The van der Waals surface area contributed by atoms with E-state index in [9.17, 15) is 14.9 Å². The molecule has 2 aromatic rings. The summed E-state index contributed by atoms with van der Waals surface area (Å²) in [5.74, 6) is 0.523. The molecule has 0 spiro atoms. The number of benzene rings is 1. The van der Waals surface area contributed by atoms with E-state index in [2.05, 4.69) is 5.32 Å². The van der Waals surface area contributed by atoms with Gasteiger partial charge in [0.15, 0.2) is 5.56 Å². The number of aromatic nitrogens is 2. The van der Waals surface area contributed by atoms with Gasteiger partial charge < -0.3 is 5.32 Å². The van der Waals surface area contributed by atoms with Crippen molar-refractivity contribution in [3.05, 3.63) is 61.3 Å². The molecule has 0 aliphatic heterocycles. The molecule has 7 heteroatoms. The third-order valence-corrected chi connectivity index (χ3v) is 4.40. The van der Waals surface area contributed by atoms with Gasteiger partial charge in [-0.3, -0.25) is 13.9 Å². The maximum atomic E-state index is 12.1. The number of halogens is 1. The highest BCUT2D eigenvalue weighted by Crippen LogP contribution is 2.43. The number of anilines is 1. The van der Waals surface area contributed by atoms with Crippen molar-refractivity contribution in [2.24, 2.45) is 14.1 Å². The van der Waals surface area contributed by atoms with Crippen molar-refractivity contribution in [2.45, 2.75) is 18.4 Å². The lowest BCUT2D eigenvalue weighted by molar-refractivity contribution is 0.684. The molecule has 1 saturated carbocycles. The molecule has 2 atom stereocenters. The minimum atomic E-state index is -0.585. The predicted octanol–water partition coefficient (Wildman–Crippen LogP) is 1.58. The molecule has 1 fully saturated rings. The van der Waals surface area contributed by atoms with Crippen LogP contribution in [0.25, 0.3) is 0 Å². The summed E-state index contributed by atoms with van der Waals surface area (Å²) in [6, 6.07) is 9.56. The van der Waals surface area contributed by atoms with Gasteiger partial charge in [0.1, 0.15) is 11.9 Å². The summed E-state index contributed by atoms with van der Waals surface area (Å²) in [5, 5.41) is 13.1. The van der Waals surface area contributed by atoms with Gasteiger partial charge in [0, 0.05) is 31.1 Å². The van der Waals surface area contributed by atoms with Gasteiger partial charge in [-0.25, -0.2) is 4.79 Å². The molecule has 6 nitrogen and oxygen atoms in total. The molecule has 1 aromatic carbocycles. The molecular weight excluding hydrogens is 316 g/mol. The van der Waals surface area contributed by atoms with Gasteiger partial charge in [0.25, 0.3) is 5.56 Å². The lowest BCUT2D eigenvalue weighted by Crippen LogP contribution is -2.40. The Morgan fingerprint density at radius 3 is 2.70 bits per heavy atom. The molecule has 1 aromatic heterocycles. The first kappa shape index (κ1) is 15.4. The zero-order chi connectivity index (χ0) is 16.7. The van der Waals surface area contributed by atoms with Gasteiger partial charge >= 0.3 is 5.69 Å². The van der Waals surface area contributed by atoms with Crippen LogP contribution in [0.5, 0.6) is 0 Å². The zero-order valence-electron chi connectivity index (χ0n) is 12.7. The summed E-state index contributed by atoms with van der Waals surface area (Å²) >= 11 is 6.00. The fourth-order valence-electron chi connectivity index (χ4n) is 2.75. The first-order valence-corrected chi connectivity index (χ1v) is 7.54. The SMILES string of the molecule is Cn1c(N[C@@H]2C[C@H]2c2cccc(Cl)c2)c(C#N)c(=O)n(C)c1=O. The predicted molar refractivity (Wildman–Crippen MR) is 87.9 cm³/mol. The quantitative estimate of drug-likeness (QED) is 0.926. The van der Waals surface area contributed by atoms with E-state index in [0.29, 0.717) is 5.02 Å². The van der Waals surface area contributed by atoms with E-state index in [1.54, 1.807) is 7.05 Å². The number of nitriles is 1. The summed E-state index contributed by atoms with van der Waals surface area (Å²) in [5.41, 5.74) is 0.00296. The second-order valence-electron chi connectivity index (χ2n) is 5.69. The van der Waals surface area contributed by atoms with Gasteiger partial charge in [-0.2, -0.15) is 5.26 Å². The van der Waals surface area contributed by atoms with Gasteiger partial charge in [-0.1, -0.05) is 23.7 Å². The highest BCUT2D eigenvalue weighted by molar-refractivity contribution is 6.30. The second kappa shape index (κ2) is 5.60. The Kier molecular flexibility index (Phi) is 3.74. The van der Waals surface area contributed by atoms with Crippen LogP contribution >= 0.6 is 11.6 Å². The molecule has 1 heterocycles. The molecule has 0 saturated heterocycles. The Morgan fingerprint density at radius 2 is 2.04 bits per heavy atom. The van der Waals surface area contributed by atoms with Crippen LogP contribution in [0, 0.1) is 11.3 Å². The molecule has 0 radical (unpaired) electrons. The molecule has 1 aliphatic rings. The topological polar surface area (TPSA) is 79.8 Å². The average Bonchev–Trinajstić information content (AvgIpc) is 3.30. The Hall–Kier alpha value is -2.52. The Morgan fingerprint density at radius 1 is 1.30 bits per heavy atom. The fourth-order valence-corrected chi connectivity index (χ4v) is 2.95. The van der Waals surface area contributed by atoms with Crippen LogP contribution in [-0.2, 0) is 14.1 Å². The van der Waals surface area contributed by atoms with Gasteiger partial charge in [-0.05, 0) is 24.1 Å². The van der Waals surface area contributed by atoms with E-state index in [1.807, 2.05) is 30.3 Å². The molecule has 0 amide bonds. The van der Waals surface area contributed by atoms with Crippen LogP contribution in [0.1, 0.15) is 23.5 Å². The Balaban J connectivity index is 1.93. The van der Waals surface area contributed by atoms with E-state index in [-0.39, 0.29) is 23.3 Å². The van der Waals surface area contributed by atoms with E-state index in [0.717, 1.165) is 16.6 Å². The van der Waals surface area contributed by atoms with Crippen molar-refractivity contribution in [3.63, 3.8) is 0 Å². The first-order chi connectivity index (χ1) is 10.9. The van der Waals surface area contributed by atoms with E-state index < -0.39 is 11.2 Å². The third-order valence-electron chi connectivity index (χ3n) is 4.17. The summed E-state index contributed by atoms with van der Waals surface area (Å²) in [4.78, 5) is 24.1. The van der Waals surface area contributed by atoms with E-state index >= 15 is 0 Å². The van der Waals surface area contributed by atoms with Crippen LogP contribution in [-0.4, -0.2) is 15.2 Å². The highest BCUT2D eigenvalue weighted by atomic mass is 35.5. The largest absolute Gasteiger partial charge is 0.367 e. The first-order valence-electron chi connectivity index (χ1n) is 7.16. The molecule has 3 rings (SSSR count). The molecule has 0 bridgehead atoms. The number of rotatable bonds is 3. The molecule has 1 N–H and O–H groups in total. The minimum Gasteiger partial charge on any atom is -0.367 e. The molecule has 118 valence electrons. The Bertz CT molecular complexity index is 939. The van der Waals surface area contributed by atoms with Crippen molar-refractivity contribution < 1.29 is 0 Å². The van der Waals surface area contributed by atoms with Gasteiger partial charge in [0.05, 0.1) is 0 Å². The molecule has 23 heavy (non-hydrogen) atoms. The highest BCUT2D eigenvalue weighted by Gasteiger charge is 2.39. The van der Waals surface area contributed by atoms with Crippen molar-refractivity contribution in [3.8, 4) is 6.07 Å². The molecule has 1 aliphatic carbocycles. The van der Waals surface area contributed by atoms with Crippen molar-refractivity contribution in [1.29, 1.82) is 5.26 Å². The van der Waals surface area contributed by atoms with Crippen molar-refractivity contribution >= 4 is 17.4 Å². The zero-order valence-corrected chi connectivity index (χ0v) is 13.5. The maximum absolute atomic E-state index is 12.1. The van der Waals surface area contributed by atoms with Crippen molar-refractivity contribution in [2.75, 3.05) is 5.32 Å². The normalized spacial score (nSPS) is 19.2. The number of hydrogen-bond acceptors (Lipinski definition) is 4. The van der Waals surface area contributed by atoms with E-state index in [1.165, 1.54) is 11.6 Å². The van der Waals surface area contributed by atoms with Crippen LogP contribution < -0.4 is 16.6 Å². The molecule has 0 unspecified atom stereocenters. The van der Waals surface area contributed by atoms with Gasteiger partial charge in [0.2, 0.25) is 0 Å². The fraction of sp³-hybridized carbons (Fsp3) is 0.312.